The Balaban J connectivity index is 2.05. The highest BCUT2D eigenvalue weighted by atomic mass is 16.3. The third-order valence-corrected chi connectivity index (χ3v) is 3.76. The number of fused-ring (bicyclic) bond motifs is 1. The number of aliphatic hydroxyl groups excluding tert-OH is 1. The number of para-hydroxylation sites is 1. The highest BCUT2D eigenvalue weighted by Gasteiger charge is 2.26. The van der Waals surface area contributed by atoms with Crippen LogP contribution in [0.5, 0.6) is 0 Å². The predicted octanol–water partition coefficient (Wildman–Crippen LogP) is 1.67. The van der Waals surface area contributed by atoms with Crippen molar-refractivity contribution in [3.8, 4) is 0 Å². The van der Waals surface area contributed by atoms with E-state index < -0.39 is 6.10 Å². The number of carbonyl (C=O) groups excluding carboxylic acids is 1. The zero-order valence-electron chi connectivity index (χ0n) is 12.5. The molecule has 20 heavy (non-hydrogen) atoms. The summed E-state index contributed by atoms with van der Waals surface area (Å²) < 4.78 is 0. The minimum atomic E-state index is -0.420. The van der Waals surface area contributed by atoms with Gasteiger partial charge in [0.05, 0.1) is 12.6 Å². The number of rotatable bonds is 5. The summed E-state index contributed by atoms with van der Waals surface area (Å²) in [5, 5.41) is 9.54. The number of carbonyl (C=O) groups is 1. The lowest BCUT2D eigenvalue weighted by molar-refractivity contribution is -0.120. The lowest BCUT2D eigenvalue weighted by Crippen LogP contribution is -2.45. The fraction of sp³-hybridized carbons (Fsp3) is 0.562. The highest BCUT2D eigenvalue weighted by Crippen LogP contribution is 2.27. The van der Waals surface area contributed by atoms with Crippen molar-refractivity contribution < 1.29 is 9.90 Å². The van der Waals surface area contributed by atoms with Gasteiger partial charge in [0.15, 0.2) is 0 Å². The van der Waals surface area contributed by atoms with Gasteiger partial charge < -0.3 is 10.0 Å². The quantitative estimate of drug-likeness (QED) is 0.889. The molecular formula is C16H24N2O2. The number of benzene rings is 1. The van der Waals surface area contributed by atoms with Crippen molar-refractivity contribution in [1.29, 1.82) is 0 Å². The Hall–Kier alpha value is -1.39. The predicted molar refractivity (Wildman–Crippen MR) is 80.9 cm³/mol. The molecule has 110 valence electrons. The van der Waals surface area contributed by atoms with Gasteiger partial charge in [0, 0.05) is 24.8 Å². The Morgan fingerprint density at radius 2 is 2.05 bits per heavy atom. The summed E-state index contributed by atoms with van der Waals surface area (Å²) in [6.07, 6.45) is 0.510. The van der Waals surface area contributed by atoms with Crippen molar-refractivity contribution in [2.24, 2.45) is 0 Å². The van der Waals surface area contributed by atoms with Crippen molar-refractivity contribution in [3.63, 3.8) is 0 Å². The van der Waals surface area contributed by atoms with Crippen molar-refractivity contribution in [2.45, 2.75) is 39.3 Å². The van der Waals surface area contributed by atoms with Crippen LogP contribution in [0, 0.1) is 0 Å². The monoisotopic (exact) mass is 276 g/mol. The van der Waals surface area contributed by atoms with E-state index in [1.54, 1.807) is 6.92 Å². The van der Waals surface area contributed by atoms with Crippen molar-refractivity contribution in [1.82, 2.24) is 4.90 Å². The summed E-state index contributed by atoms with van der Waals surface area (Å²) in [4.78, 5) is 16.4. The first kappa shape index (κ1) is 15.0. The van der Waals surface area contributed by atoms with Crippen LogP contribution >= 0.6 is 0 Å². The summed E-state index contributed by atoms with van der Waals surface area (Å²) in [7, 11) is 0. The molecule has 2 rings (SSSR count). The number of aliphatic hydroxyl groups is 1. The Morgan fingerprint density at radius 1 is 1.35 bits per heavy atom. The summed E-state index contributed by atoms with van der Waals surface area (Å²) >= 11 is 0. The van der Waals surface area contributed by atoms with Gasteiger partial charge >= 0.3 is 0 Å². The van der Waals surface area contributed by atoms with Crippen LogP contribution in [-0.2, 0) is 11.2 Å². The molecule has 4 heteroatoms. The second kappa shape index (κ2) is 6.37. The van der Waals surface area contributed by atoms with E-state index in [0.29, 0.717) is 13.1 Å². The highest BCUT2D eigenvalue weighted by molar-refractivity contribution is 5.96. The largest absolute Gasteiger partial charge is 0.392 e. The van der Waals surface area contributed by atoms with Gasteiger partial charge in [0.1, 0.15) is 0 Å². The van der Waals surface area contributed by atoms with Crippen LogP contribution in [0.25, 0.3) is 0 Å². The maximum atomic E-state index is 12.5. The molecule has 1 aromatic carbocycles. The third kappa shape index (κ3) is 3.38. The average molecular weight is 276 g/mol. The molecule has 0 bridgehead atoms. The van der Waals surface area contributed by atoms with Gasteiger partial charge in [-0.15, -0.1) is 0 Å². The molecule has 1 unspecified atom stereocenters. The van der Waals surface area contributed by atoms with E-state index in [-0.39, 0.29) is 11.9 Å². The number of hydrogen-bond acceptors (Lipinski definition) is 3. The third-order valence-electron chi connectivity index (χ3n) is 3.76. The molecule has 0 saturated heterocycles. The molecular weight excluding hydrogens is 252 g/mol. The molecule has 0 aliphatic carbocycles. The van der Waals surface area contributed by atoms with Gasteiger partial charge in [-0.1, -0.05) is 18.2 Å². The molecule has 1 aliphatic rings. The van der Waals surface area contributed by atoms with Crippen molar-refractivity contribution in [3.05, 3.63) is 29.8 Å². The van der Waals surface area contributed by atoms with Gasteiger partial charge in [-0.25, -0.2) is 0 Å². The fourth-order valence-corrected chi connectivity index (χ4v) is 2.65. The number of nitrogens with zero attached hydrogens (tertiary/aromatic N) is 2. The standard InChI is InChI=1S/C16H24N2O2/c1-12(2)17(10-13(3)19)11-16(20)18-9-8-14-6-4-5-7-15(14)18/h4-7,12-13,19H,8-11H2,1-3H3. The van der Waals surface area contributed by atoms with E-state index in [1.807, 2.05) is 41.8 Å². The molecule has 0 aromatic heterocycles. The van der Waals surface area contributed by atoms with Gasteiger partial charge in [-0.05, 0) is 38.8 Å². The summed E-state index contributed by atoms with van der Waals surface area (Å²) in [5.41, 5.74) is 2.28. The first-order valence-corrected chi connectivity index (χ1v) is 7.29. The number of hydrogen-bond donors (Lipinski definition) is 1. The van der Waals surface area contributed by atoms with Crippen LogP contribution in [0.4, 0.5) is 5.69 Å². The van der Waals surface area contributed by atoms with Crippen LogP contribution < -0.4 is 4.90 Å². The molecule has 1 heterocycles. The minimum Gasteiger partial charge on any atom is -0.392 e. The van der Waals surface area contributed by atoms with Crippen LogP contribution in [0.15, 0.2) is 24.3 Å². The van der Waals surface area contributed by atoms with Gasteiger partial charge in [-0.3, -0.25) is 9.69 Å². The zero-order chi connectivity index (χ0) is 14.7. The molecule has 0 fully saturated rings. The lowest BCUT2D eigenvalue weighted by atomic mass is 10.2. The first-order valence-electron chi connectivity index (χ1n) is 7.29. The lowest BCUT2D eigenvalue weighted by Gasteiger charge is -2.29. The van der Waals surface area contributed by atoms with E-state index in [1.165, 1.54) is 5.56 Å². The van der Waals surface area contributed by atoms with Crippen LogP contribution in [0.1, 0.15) is 26.3 Å². The topological polar surface area (TPSA) is 43.8 Å². The summed E-state index contributed by atoms with van der Waals surface area (Å²) in [6, 6.07) is 8.32. The normalized spacial score (nSPS) is 15.8. The fourth-order valence-electron chi connectivity index (χ4n) is 2.65. The molecule has 0 spiro atoms. The minimum absolute atomic E-state index is 0.115. The Kier molecular flexibility index (Phi) is 4.78. The van der Waals surface area contributed by atoms with E-state index in [4.69, 9.17) is 0 Å². The van der Waals surface area contributed by atoms with E-state index in [9.17, 15) is 9.90 Å². The van der Waals surface area contributed by atoms with Crippen molar-refractivity contribution in [2.75, 3.05) is 24.5 Å². The van der Waals surface area contributed by atoms with Crippen molar-refractivity contribution >= 4 is 11.6 Å². The maximum Gasteiger partial charge on any atom is 0.241 e. The van der Waals surface area contributed by atoms with Crippen LogP contribution in [0.2, 0.25) is 0 Å². The second-order valence-corrected chi connectivity index (χ2v) is 5.80. The average Bonchev–Trinajstić information content (AvgIpc) is 2.81. The molecule has 1 N–H and O–H groups in total. The van der Waals surface area contributed by atoms with E-state index in [0.717, 1.165) is 18.7 Å². The van der Waals surface area contributed by atoms with Gasteiger partial charge in [0.25, 0.3) is 0 Å². The van der Waals surface area contributed by atoms with Crippen LogP contribution in [0.3, 0.4) is 0 Å². The molecule has 0 saturated carbocycles. The Bertz CT molecular complexity index is 471. The molecule has 1 amide bonds. The smallest absolute Gasteiger partial charge is 0.241 e. The molecule has 1 aromatic rings. The molecule has 0 radical (unpaired) electrons. The SMILES string of the molecule is CC(O)CN(CC(=O)N1CCc2ccccc21)C(C)C. The molecule has 1 atom stereocenters. The summed E-state index contributed by atoms with van der Waals surface area (Å²) in [5.74, 6) is 0.115. The van der Waals surface area contributed by atoms with E-state index in [2.05, 4.69) is 6.07 Å². The van der Waals surface area contributed by atoms with E-state index >= 15 is 0 Å². The van der Waals surface area contributed by atoms with Gasteiger partial charge in [-0.2, -0.15) is 0 Å². The Morgan fingerprint density at radius 3 is 2.70 bits per heavy atom. The summed E-state index contributed by atoms with van der Waals surface area (Å²) in [6.45, 7) is 7.50. The molecule has 4 nitrogen and oxygen atoms in total. The van der Waals surface area contributed by atoms with Crippen LogP contribution in [-0.4, -0.2) is 47.7 Å². The maximum absolute atomic E-state index is 12.5. The second-order valence-electron chi connectivity index (χ2n) is 5.80. The molecule has 1 aliphatic heterocycles. The van der Waals surface area contributed by atoms with Gasteiger partial charge in [0.2, 0.25) is 5.91 Å². The first-order chi connectivity index (χ1) is 9.49. The number of anilines is 1. The Labute approximate surface area is 121 Å². The number of amides is 1. The zero-order valence-corrected chi connectivity index (χ0v) is 12.5.